The summed E-state index contributed by atoms with van der Waals surface area (Å²) in [7, 11) is -28.5. The molecule has 34 heteroatoms. The largest absolute Gasteiger partial charge is 3.00 e. The summed E-state index contributed by atoms with van der Waals surface area (Å²) in [6.07, 6.45) is 0. The maximum absolute atomic E-state index is 8.97. The van der Waals surface area contributed by atoms with Gasteiger partial charge >= 0.3 is 40.8 Å². The van der Waals surface area contributed by atoms with Crippen molar-refractivity contribution in [3.8, 4) is 0 Å². The first-order valence-corrected chi connectivity index (χ1v) is 13.6. The fraction of sp³-hybridized carbons (Fsp3) is 0. The standard InChI is InChI=1S/Al.3H2O5S.3H3O4P/c;3*1-5-6(2,3)4;3*1-5(2,3)4/h;3*1H,(H,2,3,4);3*(H3,1,2,3,4)/q+3;;;;;;/p-3. The molecule has 0 aliphatic rings. The average molecular weight is 660 g/mol. The van der Waals surface area contributed by atoms with Gasteiger partial charge in [-0.1, -0.05) is 0 Å². The van der Waals surface area contributed by atoms with Crippen LogP contribution in [0.4, 0.5) is 0 Å². The Morgan fingerprint density at radius 1 is 0.441 bits per heavy atom. The summed E-state index contributed by atoms with van der Waals surface area (Å²) < 4.78 is 114. The molecule has 0 radical (unpaired) electrons. The van der Waals surface area contributed by atoms with E-state index in [9.17, 15) is 0 Å². The fourth-order valence-corrected chi connectivity index (χ4v) is 0. The van der Waals surface area contributed by atoms with E-state index in [1.807, 2.05) is 0 Å². The molecule has 0 atom stereocenters. The minimum absolute atomic E-state index is 0. The van der Waals surface area contributed by atoms with Crippen molar-refractivity contribution in [2.24, 2.45) is 0 Å². The Morgan fingerprint density at radius 2 is 0.471 bits per heavy atom. The third kappa shape index (κ3) is 364. The first kappa shape index (κ1) is 51.1. The van der Waals surface area contributed by atoms with E-state index >= 15 is 0 Å². The molecule has 0 fully saturated rings. The van der Waals surface area contributed by atoms with Crippen molar-refractivity contribution in [2.75, 3.05) is 0 Å². The third-order valence-corrected chi connectivity index (χ3v) is 0.822. The minimum atomic E-state index is -4.86. The topological polar surface area (TPSA) is 493 Å². The van der Waals surface area contributed by atoms with E-state index in [4.69, 9.17) is 112 Å². The third-order valence-electron chi connectivity index (χ3n) is 0.274. The SMILES string of the molecule is O=P(O)(O)O.O=P(O)(O)O.O=P(O)(O)O.O=S(=O)([O-])OO.O=S(=O)([O-])OO.O=S(=O)([O-])OO.[Al+3]. The van der Waals surface area contributed by atoms with Gasteiger partial charge in [0.25, 0.3) is 0 Å². The maximum Gasteiger partial charge on any atom is 3.00 e. The van der Waals surface area contributed by atoms with Gasteiger partial charge in [0.15, 0.2) is 0 Å². The molecular formula is H12AlO27P3S3. The van der Waals surface area contributed by atoms with Crippen LogP contribution in [0.15, 0.2) is 0 Å². The summed E-state index contributed by atoms with van der Waals surface area (Å²) in [4.78, 5) is 64.7. The van der Waals surface area contributed by atoms with Gasteiger partial charge in [-0.2, -0.15) is 0 Å². The molecule has 0 aliphatic heterocycles. The van der Waals surface area contributed by atoms with E-state index in [0.717, 1.165) is 0 Å². The zero-order chi connectivity index (χ0) is 29.1. The van der Waals surface area contributed by atoms with Crippen LogP contribution in [0.1, 0.15) is 0 Å². The molecule has 0 aromatic heterocycles. The Morgan fingerprint density at radius 3 is 0.471 bits per heavy atom. The van der Waals surface area contributed by atoms with E-state index < -0.39 is 54.7 Å². The van der Waals surface area contributed by atoms with Crippen molar-refractivity contribution in [3.05, 3.63) is 0 Å². The van der Waals surface area contributed by atoms with Gasteiger partial charge in [0.05, 0.1) is 0 Å². The van der Waals surface area contributed by atoms with E-state index in [1.54, 1.807) is 0 Å². The summed E-state index contributed by atoms with van der Waals surface area (Å²) in [5.41, 5.74) is 0. The van der Waals surface area contributed by atoms with E-state index in [2.05, 4.69) is 13.0 Å². The van der Waals surface area contributed by atoms with Gasteiger partial charge in [0, 0.05) is 0 Å². The van der Waals surface area contributed by atoms with Gasteiger partial charge in [-0.25, -0.2) is 54.7 Å². The van der Waals surface area contributed by atoms with Crippen molar-refractivity contribution < 1.29 is 125 Å². The normalized spacial score (nSPS) is 11.4. The van der Waals surface area contributed by atoms with Crippen LogP contribution >= 0.6 is 23.5 Å². The van der Waals surface area contributed by atoms with Crippen molar-refractivity contribution in [2.45, 2.75) is 0 Å². The molecule has 34 heavy (non-hydrogen) atoms. The predicted octanol–water partition coefficient (Wildman–Crippen LogP) is -6.36. The number of rotatable bonds is 3. The molecule has 0 unspecified atom stereocenters. The van der Waals surface area contributed by atoms with Gasteiger partial charge in [0.2, 0.25) is 31.2 Å². The van der Waals surface area contributed by atoms with E-state index in [1.165, 1.54) is 0 Å². The summed E-state index contributed by atoms with van der Waals surface area (Å²) >= 11 is 0. The zero-order valence-electron chi connectivity index (χ0n) is 14.6. The fourth-order valence-electron chi connectivity index (χ4n) is 0. The van der Waals surface area contributed by atoms with Crippen LogP contribution in [0.2, 0.25) is 0 Å². The quantitative estimate of drug-likeness (QED) is 0.0334. The van der Waals surface area contributed by atoms with Crippen LogP contribution in [0, 0.1) is 0 Å². The smallest absolute Gasteiger partial charge is 0.724 e. The molecular weight excluding hydrogens is 648 g/mol. The molecule has 0 bridgehead atoms. The number of phosphoric acid groups is 3. The molecule has 210 valence electrons. The molecule has 0 saturated carbocycles. The van der Waals surface area contributed by atoms with Crippen LogP contribution in [-0.2, 0) is 57.9 Å². The molecule has 0 aliphatic carbocycles. The Labute approximate surface area is 197 Å². The van der Waals surface area contributed by atoms with Gasteiger partial charge in [-0.15, -0.1) is 13.0 Å². The van der Waals surface area contributed by atoms with Crippen molar-refractivity contribution in [1.82, 2.24) is 0 Å². The van der Waals surface area contributed by atoms with Gasteiger partial charge < -0.3 is 57.7 Å². The zero-order valence-corrected chi connectivity index (χ0v) is 20.9. The Bertz CT molecular complexity index is 753. The molecule has 0 spiro atoms. The Kier molecular flexibility index (Phi) is 33.9. The molecule has 0 aromatic carbocycles. The van der Waals surface area contributed by atoms with Crippen LogP contribution in [-0.4, -0.2) is 116 Å². The maximum atomic E-state index is 8.97. The molecule has 0 amide bonds. The van der Waals surface area contributed by atoms with Gasteiger partial charge in [-0.05, 0) is 0 Å². The Balaban J connectivity index is -0.0000000513. The van der Waals surface area contributed by atoms with Gasteiger partial charge in [0.1, 0.15) is 0 Å². The van der Waals surface area contributed by atoms with Crippen LogP contribution < -0.4 is 0 Å². The molecule has 0 saturated heterocycles. The van der Waals surface area contributed by atoms with Crippen LogP contribution in [0.3, 0.4) is 0 Å². The average Bonchev–Trinajstić information content (AvgIpc) is 2.41. The van der Waals surface area contributed by atoms with Crippen molar-refractivity contribution in [3.63, 3.8) is 0 Å². The summed E-state index contributed by atoms with van der Waals surface area (Å²) in [6, 6.07) is 0. The second kappa shape index (κ2) is 22.5. The molecule has 0 rings (SSSR count). The minimum Gasteiger partial charge on any atom is -0.724 e. The number of hydrogen-bond acceptors (Lipinski definition) is 18. The first-order valence-electron chi connectivity index (χ1n) is 4.90. The monoisotopic (exact) mass is 660 g/mol. The Hall–Kier alpha value is 0.352. The number of hydrogen-bond donors (Lipinski definition) is 12. The summed E-state index contributed by atoms with van der Waals surface area (Å²) in [5, 5.41) is 21.0. The molecule has 0 aromatic rings. The predicted molar refractivity (Wildman–Crippen MR) is 88.8 cm³/mol. The molecule has 27 nitrogen and oxygen atoms in total. The van der Waals surface area contributed by atoms with E-state index in [0.29, 0.717) is 0 Å². The first-order chi connectivity index (χ1) is 13.7. The molecule has 12 N–H and O–H groups in total. The molecule has 0 heterocycles. The summed E-state index contributed by atoms with van der Waals surface area (Å²) in [5.74, 6) is 0. The van der Waals surface area contributed by atoms with Crippen LogP contribution in [0.25, 0.3) is 0 Å². The van der Waals surface area contributed by atoms with Crippen molar-refractivity contribution >= 4 is 72.0 Å². The van der Waals surface area contributed by atoms with Crippen molar-refractivity contribution in [1.29, 1.82) is 0 Å². The van der Waals surface area contributed by atoms with Crippen LogP contribution in [0.5, 0.6) is 0 Å². The second-order valence-corrected chi connectivity index (χ2v) is 8.96. The summed E-state index contributed by atoms with van der Waals surface area (Å²) in [6.45, 7) is 0. The van der Waals surface area contributed by atoms with Gasteiger partial charge in [-0.3, -0.25) is 0 Å². The second-order valence-electron chi connectivity index (χ2n) is 2.99. The van der Waals surface area contributed by atoms with E-state index in [-0.39, 0.29) is 17.4 Å².